The second-order valence-electron chi connectivity index (χ2n) is 6.28. The number of carbonyl (C=O) groups excluding carboxylic acids is 1. The van der Waals surface area contributed by atoms with Crippen molar-refractivity contribution in [2.45, 2.75) is 58.2 Å². The Bertz CT molecular complexity index is 494. The highest BCUT2D eigenvalue weighted by molar-refractivity contribution is 5.92. The topological polar surface area (TPSA) is 43.8 Å². The SMILES string of the molecule is CCCCCCCCCN(C)C(=O)N(C)c1ccccc1C(O)F. The number of rotatable bonds is 10. The van der Waals surface area contributed by atoms with E-state index in [0.29, 0.717) is 12.2 Å². The lowest BCUT2D eigenvalue weighted by molar-refractivity contribution is 0.0416. The van der Waals surface area contributed by atoms with E-state index in [1.54, 1.807) is 37.2 Å². The van der Waals surface area contributed by atoms with Crippen LogP contribution in [-0.2, 0) is 0 Å². The fourth-order valence-corrected chi connectivity index (χ4v) is 2.76. The molecule has 1 rings (SSSR count). The highest BCUT2D eigenvalue weighted by Crippen LogP contribution is 2.26. The van der Waals surface area contributed by atoms with Crippen LogP contribution in [0.3, 0.4) is 0 Å². The zero-order chi connectivity index (χ0) is 17.9. The van der Waals surface area contributed by atoms with Crippen molar-refractivity contribution < 1.29 is 14.3 Å². The third kappa shape index (κ3) is 6.48. The van der Waals surface area contributed by atoms with Crippen molar-refractivity contribution in [2.24, 2.45) is 0 Å². The molecule has 1 unspecified atom stereocenters. The number of carbonyl (C=O) groups is 1. The quantitative estimate of drug-likeness (QED) is 0.618. The van der Waals surface area contributed by atoms with Gasteiger partial charge in [-0.3, -0.25) is 4.90 Å². The Morgan fingerprint density at radius 2 is 1.67 bits per heavy atom. The summed E-state index contributed by atoms with van der Waals surface area (Å²) in [7, 11) is 3.36. The zero-order valence-corrected chi connectivity index (χ0v) is 15.2. The molecule has 0 fully saturated rings. The minimum Gasteiger partial charge on any atom is -0.360 e. The molecule has 0 spiro atoms. The monoisotopic (exact) mass is 338 g/mol. The van der Waals surface area contributed by atoms with Crippen molar-refractivity contribution in [3.63, 3.8) is 0 Å². The van der Waals surface area contributed by atoms with Crippen molar-refractivity contribution in [2.75, 3.05) is 25.5 Å². The maximum Gasteiger partial charge on any atom is 0.323 e. The number of amides is 2. The number of unbranched alkanes of at least 4 members (excludes halogenated alkanes) is 6. The minimum atomic E-state index is -2.09. The minimum absolute atomic E-state index is 0.109. The molecule has 0 saturated carbocycles. The summed E-state index contributed by atoms with van der Waals surface area (Å²) in [5.41, 5.74) is 0.501. The van der Waals surface area contributed by atoms with E-state index < -0.39 is 6.36 Å². The first-order chi connectivity index (χ1) is 11.5. The summed E-state index contributed by atoms with van der Waals surface area (Å²) in [5, 5.41) is 9.22. The van der Waals surface area contributed by atoms with Gasteiger partial charge in [0, 0.05) is 26.2 Å². The van der Waals surface area contributed by atoms with Gasteiger partial charge >= 0.3 is 6.03 Å². The molecule has 0 bridgehead atoms. The number of alkyl halides is 1. The van der Waals surface area contributed by atoms with Gasteiger partial charge < -0.3 is 10.0 Å². The van der Waals surface area contributed by atoms with Gasteiger partial charge in [-0.2, -0.15) is 0 Å². The molecule has 0 saturated heterocycles. The Kier molecular flexibility index (Phi) is 9.38. The van der Waals surface area contributed by atoms with Crippen LogP contribution >= 0.6 is 0 Å². The summed E-state index contributed by atoms with van der Waals surface area (Å²) in [6.07, 6.45) is 6.28. The predicted octanol–water partition coefficient (Wildman–Crippen LogP) is 4.89. The van der Waals surface area contributed by atoms with Gasteiger partial charge in [0.1, 0.15) is 0 Å². The highest BCUT2D eigenvalue weighted by atomic mass is 19.1. The van der Waals surface area contributed by atoms with E-state index in [2.05, 4.69) is 6.92 Å². The third-order valence-electron chi connectivity index (χ3n) is 4.27. The van der Waals surface area contributed by atoms with Gasteiger partial charge in [0.15, 0.2) is 0 Å². The molecule has 5 heteroatoms. The molecule has 2 amide bonds. The number of urea groups is 1. The van der Waals surface area contributed by atoms with Gasteiger partial charge in [0.2, 0.25) is 6.36 Å². The molecule has 24 heavy (non-hydrogen) atoms. The number of anilines is 1. The lowest BCUT2D eigenvalue weighted by Crippen LogP contribution is -2.39. The molecule has 0 aromatic heterocycles. The second-order valence-corrected chi connectivity index (χ2v) is 6.28. The molecule has 0 aliphatic carbocycles. The van der Waals surface area contributed by atoms with Gasteiger partial charge in [-0.05, 0) is 12.5 Å². The van der Waals surface area contributed by atoms with Crippen LogP contribution < -0.4 is 4.90 Å². The normalized spacial score (nSPS) is 12.0. The van der Waals surface area contributed by atoms with Crippen LogP contribution in [0.2, 0.25) is 0 Å². The van der Waals surface area contributed by atoms with E-state index in [-0.39, 0.29) is 11.6 Å². The lowest BCUT2D eigenvalue weighted by atomic mass is 10.1. The summed E-state index contributed by atoms with van der Waals surface area (Å²) in [5.74, 6) is 0. The van der Waals surface area contributed by atoms with Crippen molar-refractivity contribution in [1.82, 2.24) is 4.90 Å². The maximum absolute atomic E-state index is 13.3. The highest BCUT2D eigenvalue weighted by Gasteiger charge is 2.20. The average molecular weight is 338 g/mol. The first-order valence-corrected chi connectivity index (χ1v) is 8.89. The molecule has 4 nitrogen and oxygen atoms in total. The van der Waals surface area contributed by atoms with Gasteiger partial charge in [-0.25, -0.2) is 9.18 Å². The molecule has 1 atom stereocenters. The largest absolute Gasteiger partial charge is 0.360 e. The summed E-state index contributed by atoms with van der Waals surface area (Å²) in [6, 6.07) is 6.29. The number of nitrogens with zero attached hydrogens (tertiary/aromatic N) is 2. The van der Waals surface area contributed by atoms with Crippen molar-refractivity contribution >= 4 is 11.7 Å². The Hall–Kier alpha value is -1.62. The van der Waals surface area contributed by atoms with E-state index in [0.717, 1.165) is 12.8 Å². The number of benzene rings is 1. The number of hydrogen-bond donors (Lipinski definition) is 1. The van der Waals surface area contributed by atoms with Crippen molar-refractivity contribution in [1.29, 1.82) is 0 Å². The summed E-state index contributed by atoms with van der Waals surface area (Å²) < 4.78 is 13.3. The van der Waals surface area contributed by atoms with E-state index in [1.165, 1.54) is 43.1 Å². The molecule has 1 aromatic carbocycles. The molecule has 1 N–H and O–H groups in total. The van der Waals surface area contributed by atoms with Crippen LogP contribution in [0.25, 0.3) is 0 Å². The second kappa shape index (κ2) is 11.0. The first-order valence-electron chi connectivity index (χ1n) is 8.89. The Labute approximate surface area is 145 Å². The van der Waals surface area contributed by atoms with Crippen LogP contribution in [-0.4, -0.2) is 36.7 Å². The third-order valence-corrected chi connectivity index (χ3v) is 4.27. The summed E-state index contributed by atoms with van der Waals surface area (Å²) in [4.78, 5) is 15.5. The molecular weight excluding hydrogens is 307 g/mol. The predicted molar refractivity (Wildman–Crippen MR) is 96.9 cm³/mol. The molecule has 0 radical (unpaired) electrons. The lowest BCUT2D eigenvalue weighted by Gasteiger charge is -2.26. The Morgan fingerprint density at radius 3 is 2.29 bits per heavy atom. The smallest absolute Gasteiger partial charge is 0.323 e. The van der Waals surface area contributed by atoms with Crippen molar-refractivity contribution in [3.05, 3.63) is 29.8 Å². The number of para-hydroxylation sites is 1. The Morgan fingerprint density at radius 1 is 1.08 bits per heavy atom. The van der Waals surface area contributed by atoms with E-state index in [1.807, 2.05) is 0 Å². The first kappa shape index (κ1) is 20.4. The fourth-order valence-electron chi connectivity index (χ4n) is 2.76. The van der Waals surface area contributed by atoms with Gasteiger partial charge in [0.05, 0.1) is 5.69 Å². The van der Waals surface area contributed by atoms with Crippen LogP contribution in [0.5, 0.6) is 0 Å². The molecule has 0 aliphatic rings. The van der Waals surface area contributed by atoms with Crippen LogP contribution in [0, 0.1) is 0 Å². The van der Waals surface area contributed by atoms with Gasteiger partial charge in [-0.1, -0.05) is 63.6 Å². The van der Waals surface area contributed by atoms with Crippen LogP contribution in [0.4, 0.5) is 14.9 Å². The average Bonchev–Trinajstić information content (AvgIpc) is 2.59. The molecular formula is C19H31FN2O2. The van der Waals surface area contributed by atoms with Crippen LogP contribution in [0.15, 0.2) is 24.3 Å². The maximum atomic E-state index is 13.3. The van der Waals surface area contributed by atoms with Crippen molar-refractivity contribution in [3.8, 4) is 0 Å². The van der Waals surface area contributed by atoms with Crippen LogP contribution in [0.1, 0.15) is 63.8 Å². The molecule has 0 aliphatic heterocycles. The molecule has 1 aromatic rings. The molecule has 0 heterocycles. The van der Waals surface area contributed by atoms with E-state index in [9.17, 15) is 14.3 Å². The molecule has 136 valence electrons. The number of aliphatic hydroxyl groups is 1. The summed E-state index contributed by atoms with van der Waals surface area (Å²) in [6.45, 7) is 2.88. The zero-order valence-electron chi connectivity index (χ0n) is 15.2. The number of aliphatic hydroxyl groups excluding tert-OH is 1. The standard InChI is InChI=1S/C19H31FN2O2/c1-4-5-6-7-8-9-12-15-21(2)19(24)22(3)17-14-11-10-13-16(17)18(20)23/h10-11,13-14,18,23H,4-9,12,15H2,1-3H3. The fraction of sp³-hybridized carbons (Fsp3) is 0.632. The van der Waals surface area contributed by atoms with E-state index in [4.69, 9.17) is 0 Å². The van der Waals surface area contributed by atoms with Gasteiger partial charge in [0.25, 0.3) is 0 Å². The number of halogens is 1. The van der Waals surface area contributed by atoms with E-state index >= 15 is 0 Å². The number of hydrogen-bond acceptors (Lipinski definition) is 2. The summed E-state index contributed by atoms with van der Waals surface area (Å²) >= 11 is 0. The Balaban J connectivity index is 2.45. The van der Waals surface area contributed by atoms with Gasteiger partial charge in [-0.15, -0.1) is 0 Å².